The molecular weight excluding hydrogens is 252 g/mol. The second-order valence-corrected chi connectivity index (χ2v) is 5.53. The number of nitrogen functional groups attached to an aromatic ring is 1. The Kier molecular flexibility index (Phi) is 3.72. The van der Waals surface area contributed by atoms with E-state index in [0.717, 1.165) is 11.6 Å². The summed E-state index contributed by atoms with van der Waals surface area (Å²) in [5.41, 5.74) is 5.77. The topological polar surface area (TPSA) is 80.5 Å². The third-order valence-corrected chi connectivity index (χ3v) is 4.16. The maximum Gasteiger partial charge on any atom is 0.265 e. The highest BCUT2D eigenvalue weighted by Gasteiger charge is 2.27. The fourth-order valence-corrected chi connectivity index (χ4v) is 2.64. The van der Waals surface area contributed by atoms with E-state index >= 15 is 0 Å². The van der Waals surface area contributed by atoms with Gasteiger partial charge in [-0.05, 0) is 13.3 Å². The van der Waals surface area contributed by atoms with Gasteiger partial charge < -0.3 is 20.7 Å². The average molecular weight is 270 g/mol. The largest absolute Gasteiger partial charge is 0.382 e. The van der Waals surface area contributed by atoms with Crippen LogP contribution in [0.1, 0.15) is 23.0 Å². The molecule has 0 radical (unpaired) electrons. The van der Waals surface area contributed by atoms with E-state index in [1.165, 1.54) is 11.3 Å². The molecule has 2 atom stereocenters. The first kappa shape index (κ1) is 13.1. The van der Waals surface area contributed by atoms with Gasteiger partial charge in [0.15, 0.2) is 5.13 Å². The third kappa shape index (κ3) is 2.56. The van der Waals surface area contributed by atoms with Crippen molar-refractivity contribution in [2.45, 2.75) is 25.5 Å². The van der Waals surface area contributed by atoms with E-state index in [0.29, 0.717) is 11.5 Å². The minimum absolute atomic E-state index is 0.0522. The van der Waals surface area contributed by atoms with Crippen molar-refractivity contribution in [2.24, 2.45) is 0 Å². The van der Waals surface area contributed by atoms with Crippen molar-refractivity contribution in [2.75, 3.05) is 31.3 Å². The lowest BCUT2D eigenvalue weighted by Crippen LogP contribution is -2.39. The molecule has 2 unspecified atom stereocenters. The van der Waals surface area contributed by atoms with Crippen LogP contribution < -0.4 is 16.0 Å². The number of nitrogens with two attached hydrogens (primary N) is 1. The number of anilines is 2. The summed E-state index contributed by atoms with van der Waals surface area (Å²) >= 11 is 1.30. The number of nitrogens with one attached hydrogen (secondary N) is 1. The molecule has 1 aromatic heterocycles. The minimum Gasteiger partial charge on any atom is -0.382 e. The first-order chi connectivity index (χ1) is 8.49. The lowest BCUT2D eigenvalue weighted by molar-refractivity contribution is 0.0870. The summed E-state index contributed by atoms with van der Waals surface area (Å²) < 4.78 is 5.41. The zero-order valence-corrected chi connectivity index (χ0v) is 11.6. The summed E-state index contributed by atoms with van der Waals surface area (Å²) in [4.78, 5) is 18.6. The van der Waals surface area contributed by atoms with Gasteiger partial charge in [-0.15, -0.1) is 0 Å². The summed E-state index contributed by atoms with van der Waals surface area (Å²) in [6.07, 6.45) is 0.892. The van der Waals surface area contributed by atoms with E-state index in [4.69, 9.17) is 10.5 Å². The molecule has 3 N–H and O–H groups in total. The van der Waals surface area contributed by atoms with Crippen molar-refractivity contribution in [1.82, 2.24) is 10.3 Å². The number of ether oxygens (including phenoxy) is 1. The third-order valence-electron chi connectivity index (χ3n) is 2.92. The number of rotatable bonds is 3. The van der Waals surface area contributed by atoms with Crippen LogP contribution in [-0.4, -0.2) is 43.7 Å². The Labute approximate surface area is 110 Å². The van der Waals surface area contributed by atoms with E-state index < -0.39 is 0 Å². The van der Waals surface area contributed by atoms with Gasteiger partial charge in [0.2, 0.25) is 0 Å². The highest BCUT2D eigenvalue weighted by Crippen LogP contribution is 2.27. The predicted octanol–water partition coefficient (Wildman–Crippen LogP) is 0.699. The molecule has 0 aromatic carbocycles. The minimum atomic E-state index is -0.166. The smallest absolute Gasteiger partial charge is 0.265 e. The maximum atomic E-state index is 12.1. The quantitative estimate of drug-likeness (QED) is 0.845. The SMILES string of the molecule is CC1OCCC1NC(=O)c1sc(N(C)C)nc1N. The van der Waals surface area contributed by atoms with E-state index in [1.807, 2.05) is 25.9 Å². The fraction of sp³-hybridized carbons (Fsp3) is 0.636. The van der Waals surface area contributed by atoms with Crippen molar-refractivity contribution >= 4 is 28.2 Å². The maximum absolute atomic E-state index is 12.1. The molecule has 6 nitrogen and oxygen atoms in total. The fourth-order valence-electron chi connectivity index (χ4n) is 1.83. The molecule has 1 aromatic rings. The van der Waals surface area contributed by atoms with E-state index in [9.17, 15) is 4.79 Å². The predicted molar refractivity (Wildman–Crippen MR) is 72.1 cm³/mol. The average Bonchev–Trinajstić information content (AvgIpc) is 2.86. The lowest BCUT2D eigenvalue weighted by Gasteiger charge is -2.15. The Morgan fingerprint density at radius 3 is 2.83 bits per heavy atom. The van der Waals surface area contributed by atoms with E-state index in [2.05, 4.69) is 10.3 Å². The Hall–Kier alpha value is -1.34. The van der Waals surface area contributed by atoms with Crippen LogP contribution in [0.3, 0.4) is 0 Å². The van der Waals surface area contributed by atoms with Crippen molar-refractivity contribution in [3.05, 3.63) is 4.88 Å². The molecule has 2 rings (SSSR count). The second kappa shape index (κ2) is 5.11. The van der Waals surface area contributed by atoms with Gasteiger partial charge in [0.1, 0.15) is 10.7 Å². The summed E-state index contributed by atoms with van der Waals surface area (Å²) in [7, 11) is 3.74. The number of carbonyl (C=O) groups excluding carboxylic acids is 1. The molecule has 1 fully saturated rings. The Balaban J connectivity index is 2.08. The van der Waals surface area contributed by atoms with Gasteiger partial charge in [-0.3, -0.25) is 4.79 Å². The van der Waals surface area contributed by atoms with Crippen LogP contribution in [0.2, 0.25) is 0 Å². The summed E-state index contributed by atoms with van der Waals surface area (Å²) in [5.74, 6) is 0.119. The summed E-state index contributed by atoms with van der Waals surface area (Å²) in [6, 6.07) is 0.0572. The van der Waals surface area contributed by atoms with Crippen LogP contribution in [0.5, 0.6) is 0 Å². The molecule has 7 heteroatoms. The van der Waals surface area contributed by atoms with Crippen LogP contribution in [0.15, 0.2) is 0 Å². The highest BCUT2D eigenvalue weighted by molar-refractivity contribution is 7.18. The van der Waals surface area contributed by atoms with Crippen LogP contribution >= 0.6 is 11.3 Å². The van der Waals surface area contributed by atoms with Crippen molar-refractivity contribution in [3.63, 3.8) is 0 Å². The standard InChI is InChI=1S/C11H18N4O2S/c1-6-7(4-5-17-6)13-10(16)8-9(12)14-11(18-8)15(2)3/h6-7H,4-5,12H2,1-3H3,(H,13,16). The Bertz CT molecular complexity index is 446. The van der Waals surface area contributed by atoms with Crippen molar-refractivity contribution in [1.29, 1.82) is 0 Å². The molecule has 18 heavy (non-hydrogen) atoms. The molecule has 1 saturated heterocycles. The number of amides is 1. The second-order valence-electron chi connectivity index (χ2n) is 4.55. The van der Waals surface area contributed by atoms with Crippen molar-refractivity contribution in [3.8, 4) is 0 Å². The van der Waals surface area contributed by atoms with E-state index in [-0.39, 0.29) is 23.9 Å². The van der Waals surface area contributed by atoms with Crippen LogP contribution in [0.4, 0.5) is 10.9 Å². The lowest BCUT2D eigenvalue weighted by atomic mass is 10.1. The Morgan fingerprint density at radius 1 is 1.61 bits per heavy atom. The van der Waals surface area contributed by atoms with Crippen LogP contribution in [0, 0.1) is 0 Å². The zero-order valence-electron chi connectivity index (χ0n) is 10.8. The Morgan fingerprint density at radius 2 is 2.33 bits per heavy atom. The molecule has 1 aliphatic rings. The summed E-state index contributed by atoms with van der Waals surface area (Å²) in [6.45, 7) is 2.65. The van der Waals surface area contributed by atoms with Gasteiger partial charge in [0, 0.05) is 20.7 Å². The number of hydrogen-bond donors (Lipinski definition) is 2. The number of nitrogens with zero attached hydrogens (tertiary/aromatic N) is 2. The van der Waals surface area contributed by atoms with Gasteiger partial charge >= 0.3 is 0 Å². The zero-order chi connectivity index (χ0) is 13.3. The van der Waals surface area contributed by atoms with Crippen LogP contribution in [0.25, 0.3) is 0 Å². The van der Waals surface area contributed by atoms with Crippen molar-refractivity contribution < 1.29 is 9.53 Å². The van der Waals surface area contributed by atoms with Gasteiger partial charge in [0.25, 0.3) is 5.91 Å². The number of thiazole rings is 1. The molecule has 0 bridgehead atoms. The monoisotopic (exact) mass is 270 g/mol. The molecule has 2 heterocycles. The van der Waals surface area contributed by atoms with Gasteiger partial charge in [-0.25, -0.2) is 4.98 Å². The molecular formula is C11H18N4O2S. The number of hydrogen-bond acceptors (Lipinski definition) is 6. The molecule has 0 spiro atoms. The van der Waals surface area contributed by atoms with Gasteiger partial charge in [-0.1, -0.05) is 11.3 Å². The number of aromatic nitrogens is 1. The number of carbonyl (C=O) groups is 1. The molecule has 0 aliphatic carbocycles. The summed E-state index contributed by atoms with van der Waals surface area (Å²) in [5, 5.41) is 3.68. The molecule has 1 amide bonds. The highest BCUT2D eigenvalue weighted by atomic mass is 32.1. The molecule has 100 valence electrons. The normalized spacial score (nSPS) is 23.1. The van der Waals surface area contributed by atoms with Crippen LogP contribution in [-0.2, 0) is 4.74 Å². The molecule has 0 saturated carbocycles. The first-order valence-corrected chi connectivity index (χ1v) is 6.66. The van der Waals surface area contributed by atoms with Gasteiger partial charge in [-0.2, -0.15) is 0 Å². The van der Waals surface area contributed by atoms with Gasteiger partial charge in [0.05, 0.1) is 12.1 Å². The first-order valence-electron chi connectivity index (χ1n) is 5.85. The van der Waals surface area contributed by atoms with E-state index in [1.54, 1.807) is 0 Å². The molecule has 1 aliphatic heterocycles.